The largest absolute Gasteiger partial charge is 0.391 e. The minimum atomic E-state index is -0.229. The summed E-state index contributed by atoms with van der Waals surface area (Å²) in [5, 5.41) is 9.51. The average molecular weight is 193 g/mol. The highest BCUT2D eigenvalue weighted by atomic mass is 16.3. The van der Waals surface area contributed by atoms with Gasteiger partial charge in [-0.05, 0) is 25.8 Å². The summed E-state index contributed by atoms with van der Waals surface area (Å²) >= 11 is 0. The van der Waals surface area contributed by atoms with Crippen molar-refractivity contribution < 1.29 is 5.11 Å². The molecule has 0 amide bonds. The van der Waals surface area contributed by atoms with E-state index in [4.69, 9.17) is 0 Å². The summed E-state index contributed by atoms with van der Waals surface area (Å²) in [5.41, 5.74) is 0.968. The zero-order valence-electron chi connectivity index (χ0n) is 8.35. The van der Waals surface area contributed by atoms with E-state index in [1.807, 2.05) is 17.9 Å². The first-order valence-electron chi connectivity index (χ1n) is 4.98. The summed E-state index contributed by atoms with van der Waals surface area (Å²) in [7, 11) is 0. The first-order chi connectivity index (χ1) is 6.75. The molecule has 2 rings (SSSR count). The van der Waals surface area contributed by atoms with Crippen LogP contribution in [0.2, 0.25) is 0 Å². The predicted octanol–water partition coefficient (Wildman–Crippen LogP) is 0.746. The number of piperidine rings is 1. The molecule has 1 atom stereocenters. The molecule has 1 aliphatic heterocycles. The van der Waals surface area contributed by atoms with E-state index in [-0.39, 0.29) is 6.10 Å². The molecule has 2 heterocycles. The van der Waals surface area contributed by atoms with Gasteiger partial charge in [-0.25, -0.2) is 9.97 Å². The van der Waals surface area contributed by atoms with E-state index in [9.17, 15) is 5.11 Å². The highest BCUT2D eigenvalue weighted by Gasteiger charge is 2.19. The van der Waals surface area contributed by atoms with Crippen molar-refractivity contribution in [3.8, 4) is 0 Å². The Kier molecular flexibility index (Phi) is 2.63. The maximum Gasteiger partial charge on any atom is 0.225 e. The lowest BCUT2D eigenvalue weighted by Gasteiger charge is -2.29. The van der Waals surface area contributed by atoms with Crippen LogP contribution in [0.4, 0.5) is 5.95 Å². The summed E-state index contributed by atoms with van der Waals surface area (Å²) in [6, 6.07) is 1.88. The number of aliphatic hydroxyl groups is 1. The Bertz CT molecular complexity index is 316. The lowest BCUT2D eigenvalue weighted by atomic mass is 10.1. The number of aliphatic hydroxyl groups excluding tert-OH is 1. The van der Waals surface area contributed by atoms with Gasteiger partial charge in [-0.1, -0.05) is 0 Å². The van der Waals surface area contributed by atoms with Crippen LogP contribution in [0.25, 0.3) is 0 Å². The molecular formula is C10H15N3O. The second-order valence-electron chi connectivity index (χ2n) is 3.74. The zero-order valence-corrected chi connectivity index (χ0v) is 8.35. The number of rotatable bonds is 1. The molecule has 14 heavy (non-hydrogen) atoms. The molecule has 1 aliphatic rings. The molecule has 1 aromatic heterocycles. The number of β-amino-alcohol motifs (C(OH)–C–C–N with tert-alkyl or cyclic N) is 1. The van der Waals surface area contributed by atoms with Crippen LogP contribution in [0, 0.1) is 6.92 Å². The van der Waals surface area contributed by atoms with E-state index in [1.165, 1.54) is 0 Å². The molecule has 0 aliphatic carbocycles. The van der Waals surface area contributed by atoms with Crippen molar-refractivity contribution in [1.29, 1.82) is 0 Å². The Hall–Kier alpha value is -1.16. The maximum absolute atomic E-state index is 9.51. The molecule has 0 radical (unpaired) electrons. The second kappa shape index (κ2) is 3.92. The predicted molar refractivity (Wildman–Crippen MR) is 54.2 cm³/mol. The minimum absolute atomic E-state index is 0.229. The van der Waals surface area contributed by atoms with Crippen LogP contribution >= 0.6 is 0 Å². The number of aromatic nitrogens is 2. The number of hydrogen-bond acceptors (Lipinski definition) is 4. The Morgan fingerprint density at radius 3 is 3.14 bits per heavy atom. The fraction of sp³-hybridized carbons (Fsp3) is 0.600. The summed E-state index contributed by atoms with van der Waals surface area (Å²) in [4.78, 5) is 10.6. The molecule has 0 aromatic carbocycles. The van der Waals surface area contributed by atoms with Crippen LogP contribution < -0.4 is 4.90 Å². The molecular weight excluding hydrogens is 178 g/mol. The summed E-state index contributed by atoms with van der Waals surface area (Å²) in [6.45, 7) is 3.55. The van der Waals surface area contributed by atoms with E-state index in [0.29, 0.717) is 6.54 Å². The van der Waals surface area contributed by atoms with E-state index in [1.54, 1.807) is 6.20 Å². The maximum atomic E-state index is 9.51. The van der Waals surface area contributed by atoms with Gasteiger partial charge in [-0.2, -0.15) is 0 Å². The second-order valence-corrected chi connectivity index (χ2v) is 3.74. The van der Waals surface area contributed by atoms with Crippen LogP contribution in [-0.2, 0) is 0 Å². The van der Waals surface area contributed by atoms with Gasteiger partial charge in [0.15, 0.2) is 0 Å². The highest BCUT2D eigenvalue weighted by molar-refractivity contribution is 5.30. The lowest BCUT2D eigenvalue weighted by molar-refractivity contribution is 0.153. The van der Waals surface area contributed by atoms with Crippen molar-refractivity contribution in [3.05, 3.63) is 18.0 Å². The molecule has 0 spiro atoms. The molecule has 0 bridgehead atoms. The fourth-order valence-corrected chi connectivity index (χ4v) is 1.72. The SMILES string of the molecule is Cc1ccnc(N2CCC[C@H](O)C2)n1. The number of nitrogens with zero attached hydrogens (tertiary/aromatic N) is 3. The zero-order chi connectivity index (χ0) is 9.97. The van der Waals surface area contributed by atoms with Crippen molar-refractivity contribution in [2.45, 2.75) is 25.9 Å². The van der Waals surface area contributed by atoms with Crippen LogP contribution in [0.5, 0.6) is 0 Å². The number of anilines is 1. The van der Waals surface area contributed by atoms with Gasteiger partial charge in [-0.15, -0.1) is 0 Å². The lowest BCUT2D eigenvalue weighted by Crippen LogP contribution is -2.39. The monoisotopic (exact) mass is 193 g/mol. The van der Waals surface area contributed by atoms with Gasteiger partial charge in [0.25, 0.3) is 0 Å². The van der Waals surface area contributed by atoms with Crippen LogP contribution in [0.1, 0.15) is 18.5 Å². The van der Waals surface area contributed by atoms with Gasteiger partial charge in [0.2, 0.25) is 5.95 Å². The molecule has 76 valence electrons. The average Bonchev–Trinajstić information content (AvgIpc) is 2.18. The van der Waals surface area contributed by atoms with Crippen LogP contribution in [-0.4, -0.2) is 34.3 Å². The Balaban J connectivity index is 2.14. The van der Waals surface area contributed by atoms with E-state index in [0.717, 1.165) is 31.0 Å². The third-order valence-corrected chi connectivity index (χ3v) is 2.46. The third-order valence-electron chi connectivity index (χ3n) is 2.46. The van der Waals surface area contributed by atoms with Crippen LogP contribution in [0.15, 0.2) is 12.3 Å². The van der Waals surface area contributed by atoms with Crippen molar-refractivity contribution in [2.24, 2.45) is 0 Å². The van der Waals surface area contributed by atoms with Gasteiger partial charge in [0.1, 0.15) is 0 Å². The van der Waals surface area contributed by atoms with Gasteiger partial charge in [0, 0.05) is 25.0 Å². The number of hydrogen-bond donors (Lipinski definition) is 1. The quantitative estimate of drug-likeness (QED) is 0.715. The Morgan fingerprint density at radius 1 is 1.57 bits per heavy atom. The molecule has 4 heteroatoms. The fourth-order valence-electron chi connectivity index (χ4n) is 1.72. The third kappa shape index (κ3) is 2.01. The highest BCUT2D eigenvalue weighted by Crippen LogP contribution is 2.15. The standard InChI is InChI=1S/C10H15N3O/c1-8-4-5-11-10(12-8)13-6-2-3-9(14)7-13/h4-5,9,14H,2-3,6-7H2,1H3/t9-/m0/s1. The Labute approximate surface area is 83.6 Å². The molecule has 1 aromatic rings. The first kappa shape index (κ1) is 9.40. The first-order valence-corrected chi connectivity index (χ1v) is 4.98. The van der Waals surface area contributed by atoms with E-state index >= 15 is 0 Å². The van der Waals surface area contributed by atoms with Crippen molar-refractivity contribution in [3.63, 3.8) is 0 Å². The minimum Gasteiger partial charge on any atom is -0.391 e. The van der Waals surface area contributed by atoms with Gasteiger partial charge in [-0.3, -0.25) is 0 Å². The molecule has 1 saturated heterocycles. The normalized spacial score (nSPS) is 22.4. The summed E-state index contributed by atoms with van der Waals surface area (Å²) in [5.74, 6) is 0.740. The Morgan fingerprint density at radius 2 is 2.43 bits per heavy atom. The topological polar surface area (TPSA) is 49.2 Å². The summed E-state index contributed by atoms with van der Waals surface area (Å²) in [6.07, 6.45) is 3.44. The van der Waals surface area contributed by atoms with E-state index < -0.39 is 0 Å². The molecule has 1 N–H and O–H groups in total. The summed E-state index contributed by atoms with van der Waals surface area (Å²) < 4.78 is 0. The smallest absolute Gasteiger partial charge is 0.225 e. The molecule has 1 fully saturated rings. The molecule has 0 unspecified atom stereocenters. The molecule has 4 nitrogen and oxygen atoms in total. The van der Waals surface area contributed by atoms with Crippen LogP contribution in [0.3, 0.4) is 0 Å². The van der Waals surface area contributed by atoms with Crippen molar-refractivity contribution in [1.82, 2.24) is 9.97 Å². The van der Waals surface area contributed by atoms with Gasteiger partial charge in [0.05, 0.1) is 6.10 Å². The van der Waals surface area contributed by atoms with Crippen molar-refractivity contribution >= 4 is 5.95 Å². The van der Waals surface area contributed by atoms with E-state index in [2.05, 4.69) is 9.97 Å². The molecule has 0 saturated carbocycles. The van der Waals surface area contributed by atoms with Crippen molar-refractivity contribution in [2.75, 3.05) is 18.0 Å². The van der Waals surface area contributed by atoms with Gasteiger partial charge < -0.3 is 10.0 Å². The van der Waals surface area contributed by atoms with Gasteiger partial charge >= 0.3 is 0 Å². The number of aryl methyl sites for hydroxylation is 1.